The van der Waals surface area contributed by atoms with Crippen LogP contribution < -0.4 is 10.6 Å². The van der Waals surface area contributed by atoms with Gasteiger partial charge in [0.25, 0.3) is 17.7 Å². The van der Waals surface area contributed by atoms with E-state index < -0.39 is 17.9 Å². The fourth-order valence-corrected chi connectivity index (χ4v) is 3.19. The number of hydrogen-bond donors (Lipinski definition) is 2. The summed E-state index contributed by atoms with van der Waals surface area (Å²) in [5.41, 5.74) is 1.76. The van der Waals surface area contributed by atoms with Crippen LogP contribution in [0.4, 0.5) is 0 Å². The number of fused-ring (bicyclic) bond motifs is 1. The number of imide groups is 1. The summed E-state index contributed by atoms with van der Waals surface area (Å²) in [5.74, 6) is -1.54. The number of rotatable bonds is 7. The highest BCUT2D eigenvalue weighted by Gasteiger charge is 2.35. The second-order valence-corrected chi connectivity index (χ2v) is 6.85. The molecule has 1 aliphatic heterocycles. The van der Waals surface area contributed by atoms with Gasteiger partial charge in [-0.15, -0.1) is 0 Å². The topological polar surface area (TPSA) is 95.6 Å². The Morgan fingerprint density at radius 2 is 1.69 bits per heavy atom. The predicted molar refractivity (Wildman–Crippen MR) is 108 cm³/mol. The zero-order valence-corrected chi connectivity index (χ0v) is 16.4. The summed E-state index contributed by atoms with van der Waals surface area (Å²) < 4.78 is 0. The zero-order chi connectivity index (χ0) is 21.0. The molecule has 2 N–H and O–H groups in total. The standard InChI is InChI=1S/C22H23N3O4/c1-3-23-19(26)14(2)24-20(27)16-9-10-17-18(13-16)22(29)25(21(17)28)12-11-15-7-5-4-6-8-15/h4-10,13-14H,3,11-12H2,1-2H3,(H,23,26)(H,24,27). The van der Waals surface area contributed by atoms with Crippen LogP contribution in [0, 0.1) is 0 Å². The molecule has 1 atom stereocenters. The molecule has 29 heavy (non-hydrogen) atoms. The zero-order valence-electron chi connectivity index (χ0n) is 16.4. The van der Waals surface area contributed by atoms with Gasteiger partial charge >= 0.3 is 0 Å². The molecule has 1 unspecified atom stereocenters. The second kappa shape index (κ2) is 8.68. The van der Waals surface area contributed by atoms with E-state index in [1.54, 1.807) is 13.8 Å². The fourth-order valence-electron chi connectivity index (χ4n) is 3.19. The lowest BCUT2D eigenvalue weighted by Gasteiger charge is -2.13. The molecule has 0 fully saturated rings. The van der Waals surface area contributed by atoms with E-state index in [1.165, 1.54) is 23.1 Å². The molecular weight excluding hydrogens is 370 g/mol. The highest BCUT2D eigenvalue weighted by atomic mass is 16.2. The van der Waals surface area contributed by atoms with Crippen LogP contribution in [-0.4, -0.2) is 47.7 Å². The number of amides is 4. The Hall–Kier alpha value is -3.48. The van der Waals surface area contributed by atoms with Gasteiger partial charge in [-0.25, -0.2) is 0 Å². The number of benzene rings is 2. The van der Waals surface area contributed by atoms with Crippen molar-refractivity contribution in [2.24, 2.45) is 0 Å². The minimum Gasteiger partial charge on any atom is -0.355 e. The number of nitrogens with zero attached hydrogens (tertiary/aromatic N) is 1. The van der Waals surface area contributed by atoms with Crippen molar-refractivity contribution < 1.29 is 19.2 Å². The van der Waals surface area contributed by atoms with Crippen molar-refractivity contribution in [1.29, 1.82) is 0 Å². The Labute approximate surface area is 169 Å². The molecule has 2 aromatic carbocycles. The number of carbonyl (C=O) groups excluding carboxylic acids is 4. The lowest BCUT2D eigenvalue weighted by molar-refractivity contribution is -0.122. The van der Waals surface area contributed by atoms with Gasteiger partial charge in [0, 0.05) is 18.7 Å². The van der Waals surface area contributed by atoms with Crippen LogP contribution in [0.1, 0.15) is 50.5 Å². The van der Waals surface area contributed by atoms with E-state index in [9.17, 15) is 19.2 Å². The van der Waals surface area contributed by atoms with Crippen molar-refractivity contribution in [3.8, 4) is 0 Å². The van der Waals surface area contributed by atoms with Crippen LogP contribution in [0.25, 0.3) is 0 Å². The van der Waals surface area contributed by atoms with Crippen molar-refractivity contribution >= 4 is 23.6 Å². The maximum Gasteiger partial charge on any atom is 0.261 e. The molecule has 4 amide bonds. The SMILES string of the molecule is CCNC(=O)C(C)NC(=O)c1ccc2c(c1)C(=O)N(CCc1ccccc1)C2=O. The average molecular weight is 393 g/mol. The fraction of sp³-hybridized carbons (Fsp3) is 0.273. The van der Waals surface area contributed by atoms with Crippen LogP contribution in [0.3, 0.4) is 0 Å². The Kier molecular flexibility index (Phi) is 6.07. The molecule has 0 saturated heterocycles. The molecule has 7 nitrogen and oxygen atoms in total. The Morgan fingerprint density at radius 3 is 2.38 bits per heavy atom. The molecule has 0 aliphatic carbocycles. The van der Waals surface area contributed by atoms with Crippen LogP contribution in [-0.2, 0) is 11.2 Å². The van der Waals surface area contributed by atoms with Crippen molar-refractivity contribution in [2.45, 2.75) is 26.3 Å². The van der Waals surface area contributed by atoms with Crippen molar-refractivity contribution in [2.75, 3.05) is 13.1 Å². The van der Waals surface area contributed by atoms with E-state index >= 15 is 0 Å². The third kappa shape index (κ3) is 4.34. The van der Waals surface area contributed by atoms with Gasteiger partial charge < -0.3 is 10.6 Å². The third-order valence-electron chi connectivity index (χ3n) is 4.79. The van der Waals surface area contributed by atoms with Gasteiger partial charge in [-0.2, -0.15) is 0 Å². The van der Waals surface area contributed by atoms with E-state index in [2.05, 4.69) is 10.6 Å². The molecule has 0 bridgehead atoms. The molecular formula is C22H23N3O4. The average Bonchev–Trinajstić information content (AvgIpc) is 2.97. The second-order valence-electron chi connectivity index (χ2n) is 6.85. The smallest absolute Gasteiger partial charge is 0.261 e. The van der Waals surface area contributed by atoms with E-state index in [0.29, 0.717) is 13.0 Å². The largest absolute Gasteiger partial charge is 0.355 e. The normalized spacial score (nSPS) is 13.8. The summed E-state index contributed by atoms with van der Waals surface area (Å²) in [4.78, 5) is 50.8. The summed E-state index contributed by atoms with van der Waals surface area (Å²) in [6.45, 7) is 4.11. The molecule has 0 aromatic heterocycles. The number of likely N-dealkylation sites (N-methyl/N-ethyl adjacent to an activating group) is 1. The molecule has 1 heterocycles. The summed E-state index contributed by atoms with van der Waals surface area (Å²) in [7, 11) is 0. The molecule has 0 radical (unpaired) electrons. The number of nitrogens with one attached hydrogen (secondary N) is 2. The number of hydrogen-bond acceptors (Lipinski definition) is 4. The lowest BCUT2D eigenvalue weighted by atomic mass is 10.1. The minimum absolute atomic E-state index is 0.210. The van der Waals surface area contributed by atoms with Gasteiger partial charge in [-0.3, -0.25) is 24.1 Å². The van der Waals surface area contributed by atoms with E-state index in [0.717, 1.165) is 5.56 Å². The highest BCUT2D eigenvalue weighted by molar-refractivity contribution is 6.22. The van der Waals surface area contributed by atoms with Gasteiger partial charge in [0.15, 0.2) is 0 Å². The molecule has 150 valence electrons. The Bertz CT molecular complexity index is 956. The Balaban J connectivity index is 1.71. The molecule has 0 saturated carbocycles. The number of carbonyl (C=O) groups is 4. The third-order valence-corrected chi connectivity index (χ3v) is 4.79. The van der Waals surface area contributed by atoms with Gasteiger partial charge in [-0.05, 0) is 44.0 Å². The monoisotopic (exact) mass is 393 g/mol. The molecule has 0 spiro atoms. The van der Waals surface area contributed by atoms with Crippen LogP contribution >= 0.6 is 0 Å². The van der Waals surface area contributed by atoms with Gasteiger partial charge in [0.05, 0.1) is 11.1 Å². The first-order valence-corrected chi connectivity index (χ1v) is 9.55. The minimum atomic E-state index is -0.713. The molecule has 3 rings (SSSR count). The quantitative estimate of drug-likeness (QED) is 0.701. The maximum absolute atomic E-state index is 12.7. The Morgan fingerprint density at radius 1 is 1.00 bits per heavy atom. The van der Waals surface area contributed by atoms with Crippen LogP contribution in [0.15, 0.2) is 48.5 Å². The van der Waals surface area contributed by atoms with Gasteiger partial charge in [0.1, 0.15) is 6.04 Å². The van der Waals surface area contributed by atoms with Crippen molar-refractivity contribution in [3.05, 3.63) is 70.8 Å². The van der Waals surface area contributed by atoms with Crippen molar-refractivity contribution in [3.63, 3.8) is 0 Å². The first-order chi connectivity index (χ1) is 13.9. The maximum atomic E-state index is 12.7. The summed E-state index contributed by atoms with van der Waals surface area (Å²) >= 11 is 0. The molecule has 1 aliphatic rings. The van der Waals surface area contributed by atoms with E-state index in [1.807, 2.05) is 30.3 Å². The summed E-state index contributed by atoms with van der Waals surface area (Å²) in [6, 6.07) is 13.3. The van der Waals surface area contributed by atoms with Gasteiger partial charge in [0.2, 0.25) is 5.91 Å². The first kappa shape index (κ1) is 20.3. The van der Waals surface area contributed by atoms with Crippen LogP contribution in [0.2, 0.25) is 0 Å². The lowest BCUT2D eigenvalue weighted by Crippen LogP contribution is -2.44. The summed E-state index contributed by atoms with van der Waals surface area (Å²) in [6.07, 6.45) is 0.559. The van der Waals surface area contributed by atoms with Crippen LogP contribution in [0.5, 0.6) is 0 Å². The van der Waals surface area contributed by atoms with E-state index in [4.69, 9.17) is 0 Å². The van der Waals surface area contributed by atoms with E-state index in [-0.39, 0.29) is 35.0 Å². The summed E-state index contributed by atoms with van der Waals surface area (Å²) in [5, 5.41) is 5.23. The predicted octanol–water partition coefficient (Wildman–Crippen LogP) is 1.78. The first-order valence-electron chi connectivity index (χ1n) is 9.55. The molecule has 7 heteroatoms. The van der Waals surface area contributed by atoms with Crippen molar-refractivity contribution in [1.82, 2.24) is 15.5 Å². The van der Waals surface area contributed by atoms with Gasteiger partial charge in [-0.1, -0.05) is 30.3 Å². The highest BCUT2D eigenvalue weighted by Crippen LogP contribution is 2.24. The molecule has 2 aromatic rings.